The number of nitrogens with one attached hydrogen (secondary N) is 1. The Morgan fingerprint density at radius 1 is 1.07 bits per heavy atom. The topological polar surface area (TPSA) is 64.6 Å². The molecule has 5 nitrogen and oxygen atoms in total. The minimum Gasteiger partial charge on any atom is -0.497 e. The zero-order valence-corrected chi connectivity index (χ0v) is 16.8. The molecule has 1 aliphatic carbocycles. The lowest BCUT2D eigenvalue weighted by atomic mass is 10.1. The smallest absolute Gasteiger partial charge is 0.341 e. The van der Waals surface area contributed by atoms with Gasteiger partial charge in [-0.1, -0.05) is 6.42 Å². The van der Waals surface area contributed by atoms with E-state index in [1.54, 1.807) is 31.4 Å². The molecular formula is C21H25NO4S. The fraction of sp³-hybridized carbons (Fsp3) is 0.429. The lowest BCUT2D eigenvalue weighted by Gasteiger charge is -2.11. The summed E-state index contributed by atoms with van der Waals surface area (Å²) in [4.78, 5) is 26.6. The van der Waals surface area contributed by atoms with Crippen molar-refractivity contribution in [2.75, 3.05) is 12.4 Å². The molecule has 27 heavy (non-hydrogen) atoms. The van der Waals surface area contributed by atoms with Crippen LogP contribution in [0.2, 0.25) is 0 Å². The van der Waals surface area contributed by atoms with Crippen LogP contribution in [0.1, 0.15) is 64.3 Å². The van der Waals surface area contributed by atoms with Crippen molar-refractivity contribution in [3.05, 3.63) is 45.8 Å². The molecular weight excluding hydrogens is 362 g/mol. The first-order valence-electron chi connectivity index (χ1n) is 9.30. The number of anilines is 1. The molecule has 144 valence electrons. The van der Waals surface area contributed by atoms with E-state index in [9.17, 15) is 9.59 Å². The van der Waals surface area contributed by atoms with Crippen LogP contribution in [0.3, 0.4) is 0 Å². The van der Waals surface area contributed by atoms with Crippen LogP contribution in [0.5, 0.6) is 5.75 Å². The number of rotatable bonds is 5. The van der Waals surface area contributed by atoms with E-state index in [-0.39, 0.29) is 18.0 Å². The highest BCUT2D eigenvalue weighted by Gasteiger charge is 2.27. The first kappa shape index (κ1) is 19.4. The summed E-state index contributed by atoms with van der Waals surface area (Å²) in [6, 6.07) is 6.90. The number of thiophene rings is 1. The molecule has 0 saturated carbocycles. The molecule has 0 bridgehead atoms. The summed E-state index contributed by atoms with van der Waals surface area (Å²) in [5.74, 6) is 0.0951. The van der Waals surface area contributed by atoms with E-state index in [1.807, 2.05) is 13.8 Å². The summed E-state index contributed by atoms with van der Waals surface area (Å²) >= 11 is 1.50. The van der Waals surface area contributed by atoms with Gasteiger partial charge in [0.05, 0.1) is 18.8 Å². The summed E-state index contributed by atoms with van der Waals surface area (Å²) in [5, 5.41) is 3.53. The van der Waals surface area contributed by atoms with E-state index in [2.05, 4.69) is 5.32 Å². The molecule has 1 amide bonds. The van der Waals surface area contributed by atoms with E-state index < -0.39 is 0 Å². The van der Waals surface area contributed by atoms with Crippen molar-refractivity contribution < 1.29 is 19.1 Å². The number of ether oxygens (including phenoxy) is 2. The van der Waals surface area contributed by atoms with Gasteiger partial charge in [0.15, 0.2) is 0 Å². The maximum absolute atomic E-state index is 12.7. The van der Waals surface area contributed by atoms with Gasteiger partial charge in [-0.25, -0.2) is 4.79 Å². The van der Waals surface area contributed by atoms with E-state index in [0.29, 0.717) is 21.9 Å². The van der Waals surface area contributed by atoms with Crippen LogP contribution < -0.4 is 10.1 Å². The molecule has 2 aromatic rings. The Morgan fingerprint density at radius 3 is 2.44 bits per heavy atom. The van der Waals surface area contributed by atoms with Gasteiger partial charge in [0.1, 0.15) is 10.8 Å². The highest BCUT2D eigenvalue weighted by Crippen LogP contribution is 2.38. The Bertz CT molecular complexity index is 823. The lowest BCUT2D eigenvalue weighted by molar-refractivity contribution is 0.0378. The van der Waals surface area contributed by atoms with Crippen molar-refractivity contribution in [2.45, 2.75) is 52.1 Å². The Labute approximate surface area is 163 Å². The van der Waals surface area contributed by atoms with Gasteiger partial charge in [-0.15, -0.1) is 11.3 Å². The zero-order chi connectivity index (χ0) is 19.4. The van der Waals surface area contributed by atoms with Crippen LogP contribution in [0.25, 0.3) is 0 Å². The summed E-state index contributed by atoms with van der Waals surface area (Å²) in [5.41, 5.74) is 2.10. The summed E-state index contributed by atoms with van der Waals surface area (Å²) < 4.78 is 10.6. The van der Waals surface area contributed by atoms with Gasteiger partial charge in [-0.2, -0.15) is 0 Å². The Balaban J connectivity index is 1.91. The minimum absolute atomic E-state index is 0.205. The number of carbonyl (C=O) groups is 2. The Kier molecular flexibility index (Phi) is 6.16. The fourth-order valence-corrected chi connectivity index (χ4v) is 4.51. The van der Waals surface area contributed by atoms with Crippen LogP contribution in [-0.2, 0) is 17.6 Å². The average molecular weight is 388 g/mol. The van der Waals surface area contributed by atoms with Crippen molar-refractivity contribution in [2.24, 2.45) is 0 Å². The highest BCUT2D eigenvalue weighted by molar-refractivity contribution is 7.17. The molecule has 0 fully saturated rings. The first-order chi connectivity index (χ1) is 13.0. The monoisotopic (exact) mass is 387 g/mol. The predicted molar refractivity (Wildman–Crippen MR) is 107 cm³/mol. The summed E-state index contributed by atoms with van der Waals surface area (Å²) in [6.07, 6.45) is 4.92. The van der Waals surface area contributed by atoms with Gasteiger partial charge in [-0.3, -0.25) is 4.79 Å². The molecule has 0 atom stereocenters. The SMILES string of the molecule is COc1ccc(C(=O)Nc2sc3c(c2C(=O)OC(C)C)CCCCC3)cc1. The molecule has 1 heterocycles. The average Bonchev–Trinajstić information content (AvgIpc) is 2.82. The maximum atomic E-state index is 12.7. The van der Waals surface area contributed by atoms with E-state index in [0.717, 1.165) is 37.7 Å². The number of hydrogen-bond acceptors (Lipinski definition) is 5. The third-order valence-electron chi connectivity index (χ3n) is 4.55. The standard InChI is InChI=1S/C21H25NO4S/c1-13(2)26-21(24)18-16-7-5-4-6-8-17(16)27-20(18)22-19(23)14-9-11-15(25-3)12-10-14/h9-13H,4-8H2,1-3H3,(H,22,23). The number of fused-ring (bicyclic) bond motifs is 1. The van der Waals surface area contributed by atoms with Gasteiger partial charge in [0.25, 0.3) is 5.91 Å². The second-order valence-corrected chi connectivity index (χ2v) is 8.01. The molecule has 0 radical (unpaired) electrons. The van der Waals surface area contributed by atoms with Gasteiger partial charge < -0.3 is 14.8 Å². The third kappa shape index (κ3) is 4.50. The molecule has 1 aromatic carbocycles. The van der Waals surface area contributed by atoms with Gasteiger partial charge in [0, 0.05) is 10.4 Å². The van der Waals surface area contributed by atoms with Crippen molar-refractivity contribution >= 4 is 28.2 Å². The van der Waals surface area contributed by atoms with E-state index >= 15 is 0 Å². The molecule has 3 rings (SSSR count). The van der Waals surface area contributed by atoms with Crippen LogP contribution in [0, 0.1) is 0 Å². The van der Waals surface area contributed by atoms with Gasteiger partial charge in [0.2, 0.25) is 0 Å². The van der Waals surface area contributed by atoms with Crippen LogP contribution in [0.4, 0.5) is 5.00 Å². The Morgan fingerprint density at radius 2 is 1.78 bits per heavy atom. The van der Waals surface area contributed by atoms with Gasteiger partial charge >= 0.3 is 5.97 Å². The number of benzene rings is 1. The molecule has 0 unspecified atom stereocenters. The van der Waals surface area contributed by atoms with Crippen molar-refractivity contribution in [3.63, 3.8) is 0 Å². The fourth-order valence-electron chi connectivity index (χ4n) is 3.24. The largest absolute Gasteiger partial charge is 0.497 e. The summed E-state index contributed by atoms with van der Waals surface area (Å²) in [6.45, 7) is 3.66. The zero-order valence-electron chi connectivity index (χ0n) is 16.0. The van der Waals surface area contributed by atoms with E-state index in [4.69, 9.17) is 9.47 Å². The normalized spacial score (nSPS) is 13.6. The summed E-state index contributed by atoms with van der Waals surface area (Å²) in [7, 11) is 1.58. The predicted octanol–water partition coefficient (Wildman–Crippen LogP) is 4.84. The number of methoxy groups -OCH3 is 1. The molecule has 1 aromatic heterocycles. The molecule has 1 aliphatic rings. The quantitative estimate of drug-likeness (QED) is 0.589. The molecule has 1 N–H and O–H groups in total. The van der Waals surface area contributed by atoms with Crippen LogP contribution in [-0.4, -0.2) is 25.1 Å². The third-order valence-corrected chi connectivity index (χ3v) is 5.75. The van der Waals surface area contributed by atoms with Crippen LogP contribution in [0.15, 0.2) is 24.3 Å². The number of carbonyl (C=O) groups excluding carboxylic acids is 2. The number of aryl methyl sites for hydroxylation is 1. The highest BCUT2D eigenvalue weighted by atomic mass is 32.1. The lowest BCUT2D eigenvalue weighted by Crippen LogP contribution is -2.17. The van der Waals surface area contributed by atoms with Crippen molar-refractivity contribution in [1.29, 1.82) is 0 Å². The van der Waals surface area contributed by atoms with Crippen LogP contribution >= 0.6 is 11.3 Å². The maximum Gasteiger partial charge on any atom is 0.341 e. The van der Waals surface area contributed by atoms with E-state index in [1.165, 1.54) is 16.2 Å². The molecule has 0 spiro atoms. The first-order valence-corrected chi connectivity index (χ1v) is 10.1. The minimum atomic E-state index is -0.352. The second-order valence-electron chi connectivity index (χ2n) is 6.91. The van der Waals surface area contributed by atoms with Crippen molar-refractivity contribution in [3.8, 4) is 5.75 Å². The molecule has 6 heteroatoms. The molecule has 0 aliphatic heterocycles. The Hall–Kier alpha value is -2.34. The number of amides is 1. The molecule has 0 saturated heterocycles. The van der Waals surface area contributed by atoms with Gasteiger partial charge in [-0.05, 0) is 69.4 Å². The number of esters is 1. The second kappa shape index (κ2) is 8.57. The van der Waals surface area contributed by atoms with Crippen molar-refractivity contribution in [1.82, 2.24) is 0 Å². The number of hydrogen-bond donors (Lipinski definition) is 1.